The molecule has 1 N–H and O–H groups in total. The number of hydrogen-bond acceptors (Lipinski definition) is 1. The van der Waals surface area contributed by atoms with Crippen molar-refractivity contribution in [1.29, 1.82) is 0 Å². The summed E-state index contributed by atoms with van der Waals surface area (Å²) in [4.78, 5) is 10.3. The van der Waals surface area contributed by atoms with Crippen molar-refractivity contribution in [2.75, 3.05) is 0 Å². The summed E-state index contributed by atoms with van der Waals surface area (Å²) in [5.74, 6) is -1.57. The smallest absolute Gasteiger partial charge is 0.417 e. The third-order valence-electron chi connectivity index (χ3n) is 2.16. The number of carboxylic acids is 1. The molecule has 0 amide bonds. The SMILES string of the molecule is O=C(O)/C=C/c1cc(C(F)(F)F)c(Br)cc1C(F)(F)F. The van der Waals surface area contributed by atoms with E-state index in [9.17, 15) is 31.1 Å². The first-order valence-corrected chi connectivity index (χ1v) is 5.61. The molecule has 0 heterocycles. The molecule has 1 rings (SSSR count). The maximum atomic E-state index is 12.7. The molecule has 1 aromatic rings. The summed E-state index contributed by atoms with van der Waals surface area (Å²) < 4.78 is 75.1. The molecular formula is C11H5BrF6O2. The van der Waals surface area contributed by atoms with Crippen LogP contribution in [0.1, 0.15) is 16.7 Å². The molecule has 0 spiro atoms. The number of carbonyl (C=O) groups is 1. The predicted molar refractivity (Wildman–Crippen MR) is 60.8 cm³/mol. The molecule has 0 aliphatic carbocycles. The van der Waals surface area contributed by atoms with Gasteiger partial charge < -0.3 is 5.11 Å². The molecule has 0 saturated carbocycles. The van der Waals surface area contributed by atoms with Gasteiger partial charge in [0, 0.05) is 10.5 Å². The number of hydrogen-bond donors (Lipinski definition) is 1. The highest BCUT2D eigenvalue weighted by Gasteiger charge is 2.38. The highest BCUT2D eigenvalue weighted by atomic mass is 79.9. The van der Waals surface area contributed by atoms with Crippen LogP contribution in [0.2, 0.25) is 0 Å². The minimum Gasteiger partial charge on any atom is -0.478 e. The molecule has 20 heavy (non-hydrogen) atoms. The third-order valence-corrected chi connectivity index (χ3v) is 2.81. The zero-order valence-electron chi connectivity index (χ0n) is 9.31. The molecule has 0 aliphatic rings. The van der Waals surface area contributed by atoms with Gasteiger partial charge in [0.15, 0.2) is 0 Å². The summed E-state index contributed by atoms with van der Waals surface area (Å²) >= 11 is 2.43. The zero-order valence-corrected chi connectivity index (χ0v) is 10.9. The van der Waals surface area contributed by atoms with Crippen LogP contribution in [-0.2, 0) is 17.1 Å². The van der Waals surface area contributed by atoms with E-state index in [1.165, 1.54) is 0 Å². The van der Waals surface area contributed by atoms with Gasteiger partial charge in [0.05, 0.1) is 11.1 Å². The molecule has 110 valence electrons. The van der Waals surface area contributed by atoms with Crippen molar-refractivity contribution in [3.63, 3.8) is 0 Å². The predicted octanol–water partition coefficient (Wildman–Crippen LogP) is 4.58. The summed E-state index contributed by atoms with van der Waals surface area (Å²) in [5, 5.41) is 8.35. The Bertz CT molecular complexity index is 559. The van der Waals surface area contributed by atoms with Crippen LogP contribution in [0, 0.1) is 0 Å². The second-order valence-electron chi connectivity index (χ2n) is 3.59. The molecule has 0 fully saturated rings. The minimum absolute atomic E-state index is 0.242. The second kappa shape index (κ2) is 5.47. The van der Waals surface area contributed by atoms with Gasteiger partial charge in [-0.2, -0.15) is 26.3 Å². The maximum absolute atomic E-state index is 12.7. The highest BCUT2D eigenvalue weighted by Crippen LogP contribution is 2.41. The Morgan fingerprint density at radius 3 is 1.95 bits per heavy atom. The van der Waals surface area contributed by atoms with Crippen LogP contribution in [-0.4, -0.2) is 11.1 Å². The maximum Gasteiger partial charge on any atom is 0.417 e. The molecule has 9 heteroatoms. The van der Waals surface area contributed by atoms with Gasteiger partial charge in [-0.3, -0.25) is 0 Å². The molecule has 2 nitrogen and oxygen atoms in total. The monoisotopic (exact) mass is 362 g/mol. The lowest BCUT2D eigenvalue weighted by atomic mass is 10.0. The van der Waals surface area contributed by atoms with Gasteiger partial charge in [-0.1, -0.05) is 15.9 Å². The molecule has 0 atom stereocenters. The van der Waals surface area contributed by atoms with Gasteiger partial charge in [-0.25, -0.2) is 4.79 Å². The third kappa shape index (κ3) is 3.99. The molecule has 0 aromatic heterocycles. The number of halogens is 7. The quantitative estimate of drug-likeness (QED) is 0.617. The normalized spacial score (nSPS) is 12.9. The Balaban J connectivity index is 3.54. The average Bonchev–Trinajstić information content (AvgIpc) is 2.23. The summed E-state index contributed by atoms with van der Waals surface area (Å²) in [6.45, 7) is 0. The minimum atomic E-state index is -4.91. The van der Waals surface area contributed by atoms with Crippen molar-refractivity contribution in [2.24, 2.45) is 0 Å². The highest BCUT2D eigenvalue weighted by molar-refractivity contribution is 9.10. The van der Waals surface area contributed by atoms with Crippen LogP contribution in [0.5, 0.6) is 0 Å². The molecule has 0 radical (unpaired) electrons. The lowest BCUT2D eigenvalue weighted by molar-refractivity contribution is -0.142. The van der Waals surface area contributed by atoms with Gasteiger partial charge in [0.2, 0.25) is 0 Å². The van der Waals surface area contributed by atoms with E-state index in [-0.39, 0.29) is 12.1 Å². The van der Waals surface area contributed by atoms with Crippen LogP contribution in [0.25, 0.3) is 6.08 Å². The summed E-state index contributed by atoms with van der Waals surface area (Å²) in [7, 11) is 0. The first-order chi connectivity index (χ1) is 8.93. The molecular weight excluding hydrogens is 358 g/mol. The average molecular weight is 363 g/mol. The van der Waals surface area contributed by atoms with Crippen molar-refractivity contribution < 1.29 is 36.2 Å². The second-order valence-corrected chi connectivity index (χ2v) is 4.44. The molecule has 0 saturated heterocycles. The number of rotatable bonds is 2. The van der Waals surface area contributed by atoms with E-state index in [1.807, 2.05) is 0 Å². The summed E-state index contributed by atoms with van der Waals surface area (Å²) in [6, 6.07) is 0.511. The molecule has 0 aliphatic heterocycles. The number of benzene rings is 1. The lowest BCUT2D eigenvalue weighted by Gasteiger charge is -2.15. The zero-order chi connectivity index (χ0) is 15.7. The van der Waals surface area contributed by atoms with Crippen LogP contribution in [0.15, 0.2) is 22.7 Å². The number of carboxylic acid groups (broad SMARTS) is 1. The van der Waals surface area contributed by atoms with Crippen molar-refractivity contribution in [3.8, 4) is 0 Å². The van der Waals surface area contributed by atoms with Crippen molar-refractivity contribution >= 4 is 28.0 Å². The Hall–Kier alpha value is -1.51. The van der Waals surface area contributed by atoms with Crippen molar-refractivity contribution in [1.82, 2.24) is 0 Å². The van der Waals surface area contributed by atoms with E-state index >= 15 is 0 Å². The van der Waals surface area contributed by atoms with Gasteiger partial charge >= 0.3 is 18.3 Å². The summed E-state index contributed by atoms with van der Waals surface area (Å²) in [5.41, 5.74) is -3.57. The Morgan fingerprint density at radius 2 is 1.55 bits per heavy atom. The Morgan fingerprint density at radius 1 is 1.05 bits per heavy atom. The summed E-state index contributed by atoms with van der Waals surface area (Å²) in [6.07, 6.45) is -8.98. The van der Waals surface area contributed by atoms with Crippen LogP contribution in [0.4, 0.5) is 26.3 Å². The Labute approximate surface area is 116 Å². The first kappa shape index (κ1) is 16.5. The number of aliphatic carboxylic acids is 1. The molecule has 1 aromatic carbocycles. The van der Waals surface area contributed by atoms with Gasteiger partial charge in [0.25, 0.3) is 0 Å². The Kier molecular flexibility index (Phi) is 4.52. The fourth-order valence-corrected chi connectivity index (χ4v) is 1.92. The van der Waals surface area contributed by atoms with E-state index in [0.717, 1.165) is 0 Å². The van der Waals surface area contributed by atoms with E-state index in [0.29, 0.717) is 12.2 Å². The van der Waals surface area contributed by atoms with E-state index in [1.54, 1.807) is 0 Å². The van der Waals surface area contributed by atoms with E-state index < -0.39 is 39.5 Å². The van der Waals surface area contributed by atoms with Crippen molar-refractivity contribution in [2.45, 2.75) is 12.4 Å². The largest absolute Gasteiger partial charge is 0.478 e. The molecule has 0 bridgehead atoms. The van der Waals surface area contributed by atoms with Gasteiger partial charge in [0.1, 0.15) is 0 Å². The van der Waals surface area contributed by atoms with Crippen LogP contribution < -0.4 is 0 Å². The fourth-order valence-electron chi connectivity index (χ4n) is 1.35. The van der Waals surface area contributed by atoms with E-state index in [2.05, 4.69) is 15.9 Å². The van der Waals surface area contributed by atoms with Gasteiger partial charge in [-0.15, -0.1) is 0 Å². The van der Waals surface area contributed by atoms with E-state index in [4.69, 9.17) is 5.11 Å². The first-order valence-electron chi connectivity index (χ1n) is 4.82. The standard InChI is InChI=1S/C11H5BrF6O2/c12-8-4-6(10(13,14)15)5(1-2-9(19)20)3-7(8)11(16,17)18/h1-4H,(H,19,20)/b2-1+. The fraction of sp³-hybridized carbons (Fsp3) is 0.182. The van der Waals surface area contributed by atoms with Crippen LogP contribution in [0.3, 0.4) is 0 Å². The lowest BCUT2D eigenvalue weighted by Crippen LogP contribution is -2.12. The molecule has 0 unspecified atom stereocenters. The van der Waals surface area contributed by atoms with Gasteiger partial charge in [-0.05, 0) is 23.8 Å². The topological polar surface area (TPSA) is 37.3 Å². The van der Waals surface area contributed by atoms with Crippen molar-refractivity contribution in [3.05, 3.63) is 39.4 Å². The number of alkyl halides is 6. The van der Waals surface area contributed by atoms with Crippen LogP contribution >= 0.6 is 15.9 Å².